The Bertz CT molecular complexity index is 249. The van der Waals surface area contributed by atoms with Crippen LogP contribution in [0.15, 0.2) is 29.1 Å². The summed E-state index contributed by atoms with van der Waals surface area (Å²) in [6.45, 7) is 3.93. The molecule has 0 saturated carbocycles. The fourth-order valence-corrected chi connectivity index (χ4v) is 0.850. The molecule has 0 aromatic carbocycles. The fraction of sp³-hybridized carbons (Fsp3) is 0.375. The smallest absolute Gasteiger partial charge is 0.165 e. The first-order chi connectivity index (χ1) is 5.01. The lowest BCUT2D eigenvalue weighted by molar-refractivity contribution is 0.428. The van der Waals surface area contributed by atoms with Gasteiger partial charge in [0.1, 0.15) is 0 Å². The minimum atomic E-state index is -0.172. The summed E-state index contributed by atoms with van der Waals surface area (Å²) in [6, 6.07) is 0. The number of amidine groups is 1. The van der Waals surface area contributed by atoms with Crippen molar-refractivity contribution in [1.29, 1.82) is 0 Å². The Morgan fingerprint density at radius 2 is 2.18 bits per heavy atom. The molecule has 3 N–H and O–H groups in total. The number of aliphatic hydroxyl groups is 1. The summed E-state index contributed by atoms with van der Waals surface area (Å²) in [7, 11) is 0. The van der Waals surface area contributed by atoms with Crippen molar-refractivity contribution in [1.82, 2.24) is 0 Å². The van der Waals surface area contributed by atoms with Crippen LogP contribution in [-0.4, -0.2) is 10.9 Å². The second-order valence-corrected chi connectivity index (χ2v) is 3.18. The maximum atomic E-state index is 9.26. The first-order valence-corrected chi connectivity index (χ1v) is 3.44. The highest BCUT2D eigenvalue weighted by molar-refractivity contribution is 5.95. The second kappa shape index (κ2) is 2.42. The Morgan fingerprint density at radius 1 is 1.55 bits per heavy atom. The van der Waals surface area contributed by atoms with Crippen LogP contribution in [0.4, 0.5) is 0 Å². The molecule has 0 aliphatic carbocycles. The Hall–Kier alpha value is -1.25. The molecule has 11 heavy (non-hydrogen) atoms. The van der Waals surface area contributed by atoms with Crippen molar-refractivity contribution in [2.24, 2.45) is 16.1 Å². The zero-order valence-electron chi connectivity index (χ0n) is 6.70. The number of nitrogens with zero attached hydrogens (tertiary/aromatic N) is 1. The molecule has 0 fully saturated rings. The molecule has 0 aromatic rings. The SMILES string of the molecule is CC1(C)C=CN=C(N)C(O)=C1. The number of allylic oxidation sites excluding steroid dienone is 2. The third-order valence-corrected chi connectivity index (χ3v) is 1.49. The van der Waals surface area contributed by atoms with Gasteiger partial charge in [-0.05, 0) is 6.08 Å². The summed E-state index contributed by atoms with van der Waals surface area (Å²) in [5, 5.41) is 9.26. The highest BCUT2D eigenvalue weighted by Gasteiger charge is 2.15. The highest BCUT2D eigenvalue weighted by Crippen LogP contribution is 2.22. The summed E-state index contributed by atoms with van der Waals surface area (Å²) in [5.74, 6) is 0.229. The molecule has 1 rings (SSSR count). The van der Waals surface area contributed by atoms with Gasteiger partial charge in [0.15, 0.2) is 11.6 Å². The fourth-order valence-electron chi connectivity index (χ4n) is 0.850. The van der Waals surface area contributed by atoms with Crippen LogP contribution in [0.5, 0.6) is 0 Å². The van der Waals surface area contributed by atoms with Crippen LogP contribution in [-0.2, 0) is 0 Å². The van der Waals surface area contributed by atoms with Gasteiger partial charge in [-0.15, -0.1) is 0 Å². The molecule has 0 aromatic heterocycles. The third kappa shape index (κ3) is 1.83. The Morgan fingerprint density at radius 3 is 2.82 bits per heavy atom. The van der Waals surface area contributed by atoms with Crippen molar-refractivity contribution < 1.29 is 5.11 Å². The van der Waals surface area contributed by atoms with E-state index in [1.807, 2.05) is 19.9 Å². The van der Waals surface area contributed by atoms with Crippen molar-refractivity contribution in [2.75, 3.05) is 0 Å². The monoisotopic (exact) mass is 152 g/mol. The van der Waals surface area contributed by atoms with Gasteiger partial charge in [-0.25, -0.2) is 4.99 Å². The van der Waals surface area contributed by atoms with Gasteiger partial charge in [0.25, 0.3) is 0 Å². The van der Waals surface area contributed by atoms with Crippen LogP contribution in [0.25, 0.3) is 0 Å². The molecule has 1 heterocycles. The second-order valence-electron chi connectivity index (χ2n) is 3.18. The number of hydrogen-bond donors (Lipinski definition) is 2. The highest BCUT2D eigenvalue weighted by atomic mass is 16.3. The maximum absolute atomic E-state index is 9.26. The van der Waals surface area contributed by atoms with E-state index in [1.165, 1.54) is 0 Å². The molecule has 0 amide bonds. The van der Waals surface area contributed by atoms with Crippen LogP contribution in [0.3, 0.4) is 0 Å². The molecule has 0 atom stereocenters. The van der Waals surface area contributed by atoms with Gasteiger partial charge in [-0.1, -0.05) is 19.9 Å². The molecule has 0 bridgehead atoms. The first-order valence-electron chi connectivity index (χ1n) is 3.44. The number of aliphatic imine (C=N–C) groups is 1. The van der Waals surface area contributed by atoms with E-state index in [-0.39, 0.29) is 17.0 Å². The standard InChI is InChI=1S/C8H12N2O/c1-8(2)3-4-10-7(9)6(11)5-8/h3-5,11H,1-2H3,(H2,9,10). The van der Waals surface area contributed by atoms with Gasteiger partial charge in [-0.3, -0.25) is 0 Å². The van der Waals surface area contributed by atoms with E-state index in [0.29, 0.717) is 0 Å². The van der Waals surface area contributed by atoms with Crippen molar-refractivity contribution in [3.63, 3.8) is 0 Å². The summed E-state index contributed by atoms with van der Waals surface area (Å²) in [6.07, 6.45) is 5.16. The molecule has 3 nitrogen and oxygen atoms in total. The quantitative estimate of drug-likeness (QED) is 0.550. The van der Waals surface area contributed by atoms with Crippen LogP contribution >= 0.6 is 0 Å². The van der Waals surface area contributed by atoms with Crippen molar-refractivity contribution >= 4 is 5.84 Å². The summed E-state index contributed by atoms with van der Waals surface area (Å²) < 4.78 is 0. The minimum absolute atomic E-state index is 0.0556. The number of rotatable bonds is 0. The maximum Gasteiger partial charge on any atom is 0.165 e. The molecule has 60 valence electrons. The Labute approximate surface area is 65.9 Å². The molecule has 1 aliphatic heterocycles. The lowest BCUT2D eigenvalue weighted by Crippen LogP contribution is -2.15. The van der Waals surface area contributed by atoms with Crippen LogP contribution < -0.4 is 5.73 Å². The van der Waals surface area contributed by atoms with E-state index in [4.69, 9.17) is 5.73 Å². The van der Waals surface area contributed by atoms with Gasteiger partial charge in [0.2, 0.25) is 0 Å². The zero-order chi connectivity index (χ0) is 8.48. The average molecular weight is 152 g/mol. The van der Waals surface area contributed by atoms with E-state index in [9.17, 15) is 5.11 Å². The number of hydrogen-bond acceptors (Lipinski definition) is 3. The molecular formula is C8H12N2O. The molecule has 0 spiro atoms. The normalized spacial score (nSPS) is 22.0. The van der Waals surface area contributed by atoms with Crippen molar-refractivity contribution in [3.8, 4) is 0 Å². The zero-order valence-corrected chi connectivity index (χ0v) is 6.70. The summed E-state index contributed by atoms with van der Waals surface area (Å²) in [5.41, 5.74) is 5.21. The molecule has 0 saturated heterocycles. The minimum Gasteiger partial charge on any atom is -0.504 e. The van der Waals surface area contributed by atoms with E-state index in [0.717, 1.165) is 0 Å². The number of aliphatic hydroxyl groups excluding tert-OH is 1. The van der Waals surface area contributed by atoms with Gasteiger partial charge < -0.3 is 10.8 Å². The van der Waals surface area contributed by atoms with E-state index in [2.05, 4.69) is 4.99 Å². The first kappa shape index (κ1) is 7.85. The van der Waals surface area contributed by atoms with Gasteiger partial charge in [-0.2, -0.15) is 0 Å². The Balaban J connectivity index is 3.03. The third-order valence-electron chi connectivity index (χ3n) is 1.49. The van der Waals surface area contributed by atoms with E-state index in [1.54, 1.807) is 12.3 Å². The van der Waals surface area contributed by atoms with Gasteiger partial charge >= 0.3 is 0 Å². The van der Waals surface area contributed by atoms with E-state index >= 15 is 0 Å². The van der Waals surface area contributed by atoms with Crippen molar-refractivity contribution in [3.05, 3.63) is 24.1 Å². The average Bonchev–Trinajstić information content (AvgIpc) is 1.93. The summed E-state index contributed by atoms with van der Waals surface area (Å²) >= 11 is 0. The topological polar surface area (TPSA) is 58.6 Å². The van der Waals surface area contributed by atoms with Crippen molar-refractivity contribution in [2.45, 2.75) is 13.8 Å². The summed E-state index contributed by atoms with van der Waals surface area (Å²) in [4.78, 5) is 3.80. The molecular weight excluding hydrogens is 140 g/mol. The van der Waals surface area contributed by atoms with E-state index < -0.39 is 0 Å². The Kier molecular flexibility index (Phi) is 1.72. The molecule has 0 radical (unpaired) electrons. The lowest BCUT2D eigenvalue weighted by atomic mass is 9.93. The lowest BCUT2D eigenvalue weighted by Gasteiger charge is -2.12. The van der Waals surface area contributed by atoms with Crippen LogP contribution in [0.2, 0.25) is 0 Å². The largest absolute Gasteiger partial charge is 0.504 e. The molecule has 0 unspecified atom stereocenters. The predicted molar refractivity (Wildman–Crippen MR) is 45.3 cm³/mol. The number of nitrogens with two attached hydrogens (primary N) is 1. The van der Waals surface area contributed by atoms with Gasteiger partial charge in [0, 0.05) is 11.6 Å². The molecule has 1 aliphatic rings. The molecule has 3 heteroatoms. The predicted octanol–water partition coefficient (Wildman–Crippen LogP) is 1.34. The van der Waals surface area contributed by atoms with Gasteiger partial charge in [0.05, 0.1) is 0 Å². The van der Waals surface area contributed by atoms with Crippen LogP contribution in [0.1, 0.15) is 13.8 Å². The van der Waals surface area contributed by atoms with Crippen LogP contribution in [0, 0.1) is 5.41 Å².